The second-order valence-corrected chi connectivity index (χ2v) is 6.33. The molecule has 0 fully saturated rings. The number of hydrogen-bond donors (Lipinski definition) is 2. The van der Waals surface area contributed by atoms with Crippen LogP contribution in [-0.2, 0) is 4.79 Å². The van der Waals surface area contributed by atoms with E-state index < -0.39 is 5.25 Å². The fourth-order valence-electron chi connectivity index (χ4n) is 1.95. The Morgan fingerprint density at radius 1 is 1.12 bits per heavy atom. The second kappa shape index (κ2) is 7.18. The molecule has 7 heteroatoms. The van der Waals surface area contributed by atoms with Crippen LogP contribution in [0.2, 0.25) is 0 Å². The third-order valence-electron chi connectivity index (χ3n) is 3.21. The van der Waals surface area contributed by atoms with Gasteiger partial charge < -0.3 is 14.8 Å². The Bertz CT molecular complexity index is 819. The van der Waals surface area contributed by atoms with Gasteiger partial charge in [-0.15, -0.1) is 10.2 Å². The number of aromatic hydroxyl groups is 1. The highest BCUT2D eigenvalue weighted by Gasteiger charge is 2.18. The van der Waals surface area contributed by atoms with Crippen LogP contribution in [0.25, 0.3) is 11.5 Å². The molecule has 0 unspecified atom stereocenters. The number of para-hydroxylation sites is 1. The lowest BCUT2D eigenvalue weighted by Crippen LogP contribution is -2.22. The van der Waals surface area contributed by atoms with Crippen LogP contribution in [0.4, 0.5) is 5.69 Å². The lowest BCUT2D eigenvalue weighted by atomic mass is 10.2. The van der Waals surface area contributed by atoms with Crippen LogP contribution >= 0.6 is 11.8 Å². The molecule has 0 spiro atoms. The van der Waals surface area contributed by atoms with E-state index in [4.69, 9.17) is 4.42 Å². The molecule has 0 saturated carbocycles. The first-order chi connectivity index (χ1) is 11.6. The number of thioether (sulfide) groups is 1. The number of benzene rings is 2. The summed E-state index contributed by atoms with van der Waals surface area (Å²) in [4.78, 5) is 12.2. The van der Waals surface area contributed by atoms with Gasteiger partial charge in [-0.2, -0.15) is 0 Å². The molecule has 6 nitrogen and oxygen atoms in total. The first-order valence-electron chi connectivity index (χ1n) is 7.27. The Morgan fingerprint density at radius 3 is 2.54 bits per heavy atom. The average molecular weight is 341 g/mol. The molecule has 1 amide bonds. The third-order valence-corrected chi connectivity index (χ3v) is 4.14. The van der Waals surface area contributed by atoms with Crippen LogP contribution in [-0.4, -0.2) is 26.5 Å². The largest absolute Gasteiger partial charge is 0.508 e. The molecule has 1 heterocycles. The summed E-state index contributed by atoms with van der Waals surface area (Å²) in [6, 6.07) is 15.7. The van der Waals surface area contributed by atoms with E-state index in [1.54, 1.807) is 31.2 Å². The van der Waals surface area contributed by atoms with E-state index in [9.17, 15) is 9.90 Å². The van der Waals surface area contributed by atoms with Gasteiger partial charge in [-0.3, -0.25) is 4.79 Å². The minimum Gasteiger partial charge on any atom is -0.508 e. The number of phenolic OH excluding ortho intramolecular Hbond substituents is 1. The van der Waals surface area contributed by atoms with Gasteiger partial charge in [-0.05, 0) is 43.3 Å². The molecule has 24 heavy (non-hydrogen) atoms. The van der Waals surface area contributed by atoms with Gasteiger partial charge in [0.05, 0.1) is 5.25 Å². The van der Waals surface area contributed by atoms with Gasteiger partial charge in [0, 0.05) is 11.3 Å². The number of anilines is 1. The molecule has 0 saturated heterocycles. The second-order valence-electron chi connectivity index (χ2n) is 5.04. The van der Waals surface area contributed by atoms with E-state index in [0.29, 0.717) is 16.7 Å². The van der Waals surface area contributed by atoms with Crippen molar-refractivity contribution in [3.63, 3.8) is 0 Å². The molecule has 122 valence electrons. The predicted octanol–water partition coefficient (Wildman–Crippen LogP) is 3.56. The molecule has 3 rings (SSSR count). The predicted molar refractivity (Wildman–Crippen MR) is 91.8 cm³/mol. The quantitative estimate of drug-likeness (QED) is 0.690. The van der Waals surface area contributed by atoms with Crippen molar-refractivity contribution in [3.05, 3.63) is 54.6 Å². The van der Waals surface area contributed by atoms with Gasteiger partial charge in [0.1, 0.15) is 5.75 Å². The van der Waals surface area contributed by atoms with Gasteiger partial charge in [0.2, 0.25) is 11.8 Å². The van der Waals surface area contributed by atoms with Gasteiger partial charge in [0.15, 0.2) is 0 Å². The molecule has 0 aliphatic heterocycles. The van der Waals surface area contributed by atoms with Crippen molar-refractivity contribution in [2.75, 3.05) is 5.32 Å². The third kappa shape index (κ3) is 3.94. The SMILES string of the molecule is C[C@H](Sc1nnc(-c2ccc(O)cc2)o1)C(=O)Nc1ccccc1. The highest BCUT2D eigenvalue weighted by molar-refractivity contribution is 8.00. The molecular weight excluding hydrogens is 326 g/mol. The Hall–Kier alpha value is -2.80. The Labute approximate surface area is 142 Å². The molecule has 0 radical (unpaired) electrons. The van der Waals surface area contributed by atoms with Crippen LogP contribution in [0.1, 0.15) is 6.92 Å². The monoisotopic (exact) mass is 341 g/mol. The lowest BCUT2D eigenvalue weighted by molar-refractivity contribution is -0.115. The summed E-state index contributed by atoms with van der Waals surface area (Å²) in [5, 5.41) is 20.0. The van der Waals surface area contributed by atoms with E-state index in [1.165, 1.54) is 11.8 Å². The number of nitrogens with zero attached hydrogens (tertiary/aromatic N) is 2. The summed E-state index contributed by atoms with van der Waals surface area (Å²) < 4.78 is 5.56. The van der Waals surface area contributed by atoms with E-state index in [0.717, 1.165) is 5.69 Å². The summed E-state index contributed by atoms with van der Waals surface area (Å²) in [7, 11) is 0. The zero-order chi connectivity index (χ0) is 16.9. The van der Waals surface area contributed by atoms with Gasteiger partial charge in [0.25, 0.3) is 5.22 Å². The number of aromatic nitrogens is 2. The minimum absolute atomic E-state index is 0.143. The molecule has 2 N–H and O–H groups in total. The van der Waals surface area contributed by atoms with Crippen molar-refractivity contribution < 1.29 is 14.3 Å². The topological polar surface area (TPSA) is 88.2 Å². The lowest BCUT2D eigenvalue weighted by Gasteiger charge is -2.09. The smallest absolute Gasteiger partial charge is 0.277 e. The van der Waals surface area contributed by atoms with Gasteiger partial charge >= 0.3 is 0 Å². The number of rotatable bonds is 5. The van der Waals surface area contributed by atoms with Gasteiger partial charge in [-0.1, -0.05) is 30.0 Å². The summed E-state index contributed by atoms with van der Waals surface area (Å²) in [6.45, 7) is 1.77. The van der Waals surface area contributed by atoms with E-state index in [1.807, 2.05) is 30.3 Å². The fraction of sp³-hybridized carbons (Fsp3) is 0.118. The van der Waals surface area contributed by atoms with E-state index >= 15 is 0 Å². The van der Waals surface area contributed by atoms with Crippen molar-refractivity contribution in [3.8, 4) is 17.2 Å². The minimum atomic E-state index is -0.390. The summed E-state index contributed by atoms with van der Waals surface area (Å²) in [5.74, 6) is 0.364. The molecule has 0 aliphatic rings. The zero-order valence-electron chi connectivity index (χ0n) is 12.8. The summed E-state index contributed by atoms with van der Waals surface area (Å²) >= 11 is 1.19. The fourth-order valence-corrected chi connectivity index (χ4v) is 2.63. The van der Waals surface area contributed by atoms with Crippen molar-refractivity contribution in [1.29, 1.82) is 0 Å². The molecule has 2 aromatic carbocycles. The first-order valence-corrected chi connectivity index (χ1v) is 8.15. The maximum absolute atomic E-state index is 12.2. The molecule has 3 aromatic rings. The van der Waals surface area contributed by atoms with Crippen molar-refractivity contribution in [2.45, 2.75) is 17.4 Å². The van der Waals surface area contributed by atoms with Crippen LogP contribution in [0.5, 0.6) is 5.75 Å². The first kappa shape index (κ1) is 16.1. The number of phenols is 1. The van der Waals surface area contributed by atoms with Crippen molar-refractivity contribution in [2.24, 2.45) is 0 Å². The van der Waals surface area contributed by atoms with Crippen LogP contribution in [0.15, 0.2) is 64.2 Å². The number of nitrogens with one attached hydrogen (secondary N) is 1. The molecule has 1 atom stereocenters. The summed E-state index contributed by atoms with van der Waals surface area (Å²) in [6.07, 6.45) is 0. The Morgan fingerprint density at radius 2 is 1.83 bits per heavy atom. The normalized spacial score (nSPS) is 11.9. The zero-order valence-corrected chi connectivity index (χ0v) is 13.7. The molecule has 1 aromatic heterocycles. The van der Waals surface area contributed by atoms with Crippen molar-refractivity contribution in [1.82, 2.24) is 10.2 Å². The standard InChI is InChI=1S/C17H15N3O3S/c1-11(15(22)18-13-5-3-2-4-6-13)24-17-20-19-16(23-17)12-7-9-14(21)10-8-12/h2-11,21H,1H3,(H,18,22)/t11-/m0/s1. The number of amides is 1. The maximum atomic E-state index is 12.2. The highest BCUT2D eigenvalue weighted by Crippen LogP contribution is 2.27. The number of carbonyl (C=O) groups excluding carboxylic acids is 1. The van der Waals surface area contributed by atoms with Crippen molar-refractivity contribution >= 4 is 23.4 Å². The Balaban J connectivity index is 1.63. The van der Waals surface area contributed by atoms with Crippen LogP contribution < -0.4 is 5.32 Å². The summed E-state index contributed by atoms with van der Waals surface area (Å²) in [5.41, 5.74) is 1.44. The maximum Gasteiger partial charge on any atom is 0.277 e. The van der Waals surface area contributed by atoms with E-state index in [2.05, 4.69) is 15.5 Å². The highest BCUT2D eigenvalue weighted by atomic mass is 32.2. The number of hydrogen-bond acceptors (Lipinski definition) is 6. The number of carbonyl (C=O) groups is 1. The Kier molecular flexibility index (Phi) is 4.81. The van der Waals surface area contributed by atoms with Crippen LogP contribution in [0, 0.1) is 0 Å². The molecular formula is C17H15N3O3S. The van der Waals surface area contributed by atoms with Gasteiger partial charge in [-0.25, -0.2) is 0 Å². The van der Waals surface area contributed by atoms with Crippen LogP contribution in [0.3, 0.4) is 0 Å². The molecule has 0 bridgehead atoms. The molecule has 0 aliphatic carbocycles. The average Bonchev–Trinajstić information content (AvgIpc) is 3.05. The van der Waals surface area contributed by atoms with E-state index in [-0.39, 0.29) is 11.7 Å².